The molecule has 0 radical (unpaired) electrons. The van der Waals surface area contributed by atoms with E-state index >= 15 is 0 Å². The number of carbonyl (C=O) groups excluding carboxylic acids is 1. The molecule has 1 heterocycles. The maximum absolute atomic E-state index is 12.4. The van der Waals surface area contributed by atoms with Gasteiger partial charge in [-0.05, 0) is 26.0 Å². The number of nitrogens with one attached hydrogen (secondary N) is 1. The number of thiazole rings is 1. The molecule has 0 aliphatic carbocycles. The van der Waals surface area contributed by atoms with Crippen LogP contribution in [0.15, 0.2) is 35.7 Å². The lowest BCUT2D eigenvalue weighted by Crippen LogP contribution is -2.39. The number of aromatic carboxylic acids is 1. The van der Waals surface area contributed by atoms with Crippen molar-refractivity contribution in [3.05, 3.63) is 46.4 Å². The van der Waals surface area contributed by atoms with Gasteiger partial charge in [0.05, 0.1) is 6.54 Å². The summed E-state index contributed by atoms with van der Waals surface area (Å²) in [6.07, 6.45) is 0. The average Bonchev–Trinajstić information content (AvgIpc) is 2.94. The third-order valence-corrected chi connectivity index (χ3v) is 3.82. The van der Waals surface area contributed by atoms with Gasteiger partial charge in [0.25, 0.3) is 0 Å². The molecule has 2 rings (SSSR count). The highest BCUT2D eigenvalue weighted by atomic mass is 32.1. The molecule has 22 heavy (non-hydrogen) atoms. The van der Waals surface area contributed by atoms with Crippen molar-refractivity contribution in [2.75, 3.05) is 5.32 Å². The number of hydrogen-bond acceptors (Lipinski definition) is 4. The van der Waals surface area contributed by atoms with Crippen LogP contribution >= 0.6 is 11.3 Å². The Morgan fingerprint density at radius 2 is 2.00 bits per heavy atom. The van der Waals surface area contributed by atoms with E-state index in [-0.39, 0.29) is 24.3 Å². The first-order valence-corrected chi connectivity index (χ1v) is 7.65. The van der Waals surface area contributed by atoms with E-state index in [1.807, 2.05) is 44.2 Å². The van der Waals surface area contributed by atoms with Crippen LogP contribution in [-0.4, -0.2) is 33.0 Å². The number of rotatable bonds is 5. The lowest BCUT2D eigenvalue weighted by molar-refractivity contribution is 0.0691. The smallest absolute Gasteiger partial charge is 0.355 e. The van der Waals surface area contributed by atoms with Gasteiger partial charge in [0.2, 0.25) is 0 Å². The van der Waals surface area contributed by atoms with Gasteiger partial charge in [0.15, 0.2) is 5.69 Å². The second-order valence-electron chi connectivity index (χ2n) is 4.95. The number of aromatic nitrogens is 1. The summed E-state index contributed by atoms with van der Waals surface area (Å²) in [6.45, 7) is 4.07. The number of amides is 2. The van der Waals surface area contributed by atoms with Crippen molar-refractivity contribution in [3.8, 4) is 0 Å². The predicted octanol–water partition coefficient (Wildman–Crippen LogP) is 3.28. The van der Waals surface area contributed by atoms with Crippen molar-refractivity contribution >= 4 is 29.0 Å². The van der Waals surface area contributed by atoms with Gasteiger partial charge in [-0.15, -0.1) is 11.3 Å². The van der Waals surface area contributed by atoms with Crippen LogP contribution in [0.3, 0.4) is 0 Å². The van der Waals surface area contributed by atoms with Crippen molar-refractivity contribution in [1.29, 1.82) is 0 Å². The standard InChI is InChI=1S/C15H17N3O3S/c1-10(2)18(8-13-17-12(9-22-13)14(19)20)15(21)16-11-6-4-3-5-7-11/h3-7,9-10H,8H2,1-2H3,(H,16,21)(H,19,20). The molecule has 6 nitrogen and oxygen atoms in total. The first kappa shape index (κ1) is 16.0. The number of urea groups is 1. The van der Waals surface area contributed by atoms with Gasteiger partial charge < -0.3 is 15.3 Å². The zero-order valence-electron chi connectivity index (χ0n) is 12.3. The van der Waals surface area contributed by atoms with Crippen LogP contribution < -0.4 is 5.32 Å². The molecule has 0 aliphatic heterocycles. The minimum atomic E-state index is -1.06. The molecular formula is C15H17N3O3S. The number of benzene rings is 1. The molecule has 0 saturated carbocycles. The summed E-state index contributed by atoms with van der Waals surface area (Å²) in [4.78, 5) is 28.9. The lowest BCUT2D eigenvalue weighted by Gasteiger charge is -2.26. The van der Waals surface area contributed by atoms with E-state index in [0.717, 1.165) is 0 Å². The van der Waals surface area contributed by atoms with E-state index in [9.17, 15) is 9.59 Å². The Hall–Kier alpha value is -2.41. The maximum Gasteiger partial charge on any atom is 0.355 e. The molecule has 0 saturated heterocycles. The van der Waals surface area contributed by atoms with Gasteiger partial charge in [-0.2, -0.15) is 0 Å². The molecule has 0 atom stereocenters. The Labute approximate surface area is 132 Å². The zero-order valence-corrected chi connectivity index (χ0v) is 13.1. The fraction of sp³-hybridized carbons (Fsp3) is 0.267. The topological polar surface area (TPSA) is 82.5 Å². The molecule has 116 valence electrons. The SMILES string of the molecule is CC(C)N(Cc1nc(C(=O)O)cs1)C(=O)Nc1ccccc1. The van der Waals surface area contributed by atoms with Gasteiger partial charge in [-0.1, -0.05) is 18.2 Å². The maximum atomic E-state index is 12.4. The van der Waals surface area contributed by atoms with Gasteiger partial charge in [0, 0.05) is 17.1 Å². The summed E-state index contributed by atoms with van der Waals surface area (Å²) < 4.78 is 0. The number of carbonyl (C=O) groups is 2. The van der Waals surface area contributed by atoms with Crippen molar-refractivity contribution in [2.45, 2.75) is 26.4 Å². The Bertz CT molecular complexity index is 655. The number of carboxylic acid groups (broad SMARTS) is 1. The van der Waals surface area contributed by atoms with Crippen molar-refractivity contribution in [3.63, 3.8) is 0 Å². The largest absolute Gasteiger partial charge is 0.476 e. The van der Waals surface area contributed by atoms with E-state index in [0.29, 0.717) is 10.7 Å². The van der Waals surface area contributed by atoms with E-state index in [1.165, 1.54) is 16.7 Å². The Morgan fingerprint density at radius 3 is 2.55 bits per heavy atom. The highest BCUT2D eigenvalue weighted by Gasteiger charge is 2.20. The number of para-hydroxylation sites is 1. The van der Waals surface area contributed by atoms with Gasteiger partial charge in [-0.3, -0.25) is 0 Å². The van der Waals surface area contributed by atoms with Crippen LogP contribution in [0.25, 0.3) is 0 Å². The molecule has 0 aliphatic rings. The Morgan fingerprint density at radius 1 is 1.32 bits per heavy atom. The molecule has 0 unspecified atom stereocenters. The quantitative estimate of drug-likeness (QED) is 0.886. The first-order chi connectivity index (χ1) is 10.5. The third kappa shape index (κ3) is 4.05. The normalized spacial score (nSPS) is 10.5. The summed E-state index contributed by atoms with van der Waals surface area (Å²) in [6, 6.07) is 8.89. The summed E-state index contributed by atoms with van der Waals surface area (Å²) >= 11 is 1.23. The van der Waals surface area contributed by atoms with Crippen LogP contribution in [0.1, 0.15) is 29.3 Å². The summed E-state index contributed by atoms with van der Waals surface area (Å²) in [5.74, 6) is -1.06. The van der Waals surface area contributed by atoms with E-state index in [2.05, 4.69) is 10.3 Å². The zero-order chi connectivity index (χ0) is 16.1. The van der Waals surface area contributed by atoms with Crippen LogP contribution in [0.2, 0.25) is 0 Å². The monoisotopic (exact) mass is 319 g/mol. The Kier molecular flexibility index (Phi) is 5.11. The summed E-state index contributed by atoms with van der Waals surface area (Å²) in [5.41, 5.74) is 0.718. The molecule has 7 heteroatoms. The number of anilines is 1. The fourth-order valence-corrected chi connectivity index (χ4v) is 2.60. The van der Waals surface area contributed by atoms with Gasteiger partial charge >= 0.3 is 12.0 Å². The van der Waals surface area contributed by atoms with Crippen molar-refractivity contribution < 1.29 is 14.7 Å². The molecule has 1 aromatic carbocycles. The minimum absolute atomic E-state index is 0.00664. The molecule has 2 amide bonds. The molecule has 1 aromatic heterocycles. The van der Waals surface area contributed by atoms with Crippen LogP contribution in [0.4, 0.5) is 10.5 Å². The molecule has 0 spiro atoms. The highest BCUT2D eigenvalue weighted by Crippen LogP contribution is 2.16. The summed E-state index contributed by atoms with van der Waals surface area (Å²) in [5, 5.41) is 13.8. The van der Waals surface area contributed by atoms with Gasteiger partial charge in [0.1, 0.15) is 5.01 Å². The molecular weight excluding hydrogens is 302 g/mol. The number of nitrogens with zero attached hydrogens (tertiary/aromatic N) is 2. The van der Waals surface area contributed by atoms with Crippen molar-refractivity contribution in [2.24, 2.45) is 0 Å². The number of carboxylic acids is 1. The van der Waals surface area contributed by atoms with E-state index in [4.69, 9.17) is 5.11 Å². The average molecular weight is 319 g/mol. The first-order valence-electron chi connectivity index (χ1n) is 6.77. The minimum Gasteiger partial charge on any atom is -0.476 e. The van der Waals surface area contributed by atoms with Crippen LogP contribution in [0, 0.1) is 0 Å². The van der Waals surface area contributed by atoms with Crippen LogP contribution in [-0.2, 0) is 6.54 Å². The number of hydrogen-bond donors (Lipinski definition) is 2. The highest BCUT2D eigenvalue weighted by molar-refractivity contribution is 7.09. The lowest BCUT2D eigenvalue weighted by atomic mass is 10.3. The summed E-state index contributed by atoms with van der Waals surface area (Å²) in [7, 11) is 0. The fourth-order valence-electron chi connectivity index (χ4n) is 1.83. The molecule has 2 N–H and O–H groups in total. The van der Waals surface area contributed by atoms with E-state index in [1.54, 1.807) is 4.90 Å². The second kappa shape index (κ2) is 7.04. The predicted molar refractivity (Wildman–Crippen MR) is 85.2 cm³/mol. The van der Waals surface area contributed by atoms with Crippen LogP contribution in [0.5, 0.6) is 0 Å². The second-order valence-corrected chi connectivity index (χ2v) is 5.89. The van der Waals surface area contributed by atoms with E-state index < -0.39 is 5.97 Å². The Balaban J connectivity index is 2.08. The van der Waals surface area contributed by atoms with Gasteiger partial charge in [-0.25, -0.2) is 14.6 Å². The third-order valence-electron chi connectivity index (χ3n) is 2.99. The molecule has 0 bridgehead atoms. The van der Waals surface area contributed by atoms with Crippen molar-refractivity contribution in [1.82, 2.24) is 9.88 Å². The molecule has 0 fully saturated rings. The molecule has 2 aromatic rings.